The average Bonchev–Trinajstić information content (AvgIpc) is 2.55. The number of para-hydroxylation sites is 1. The molecule has 0 bridgehead atoms. The van der Waals surface area contributed by atoms with E-state index in [0.29, 0.717) is 12.3 Å². The zero-order chi connectivity index (χ0) is 16.4. The van der Waals surface area contributed by atoms with Crippen molar-refractivity contribution >= 4 is 12.7 Å². The normalized spacial score (nSPS) is 20.5. The summed E-state index contributed by atoms with van der Waals surface area (Å²) in [6, 6.07) is 15.4. The van der Waals surface area contributed by atoms with Gasteiger partial charge in [-0.3, -0.25) is 4.57 Å². The molecule has 0 radical (unpaired) electrons. The highest BCUT2D eigenvalue weighted by Gasteiger charge is 2.43. The van der Waals surface area contributed by atoms with E-state index in [-0.39, 0.29) is 18.3 Å². The first kappa shape index (κ1) is 16.3. The zero-order valence-corrected chi connectivity index (χ0v) is 14.3. The second-order valence-electron chi connectivity index (χ2n) is 6.07. The van der Waals surface area contributed by atoms with Gasteiger partial charge in [-0.1, -0.05) is 50.2 Å². The smallest absolute Gasteiger partial charge is 0.294 e. The van der Waals surface area contributed by atoms with Crippen LogP contribution in [0.1, 0.15) is 13.8 Å². The van der Waals surface area contributed by atoms with Gasteiger partial charge in [-0.25, -0.2) is 0 Å². The summed E-state index contributed by atoms with van der Waals surface area (Å²) in [6.45, 7) is 4.42. The highest BCUT2D eigenvalue weighted by atomic mass is 31.2. The molecule has 0 spiro atoms. The van der Waals surface area contributed by atoms with Crippen LogP contribution in [0.2, 0.25) is 0 Å². The van der Waals surface area contributed by atoms with Gasteiger partial charge in [0, 0.05) is 12.1 Å². The van der Waals surface area contributed by atoms with Gasteiger partial charge < -0.3 is 14.9 Å². The Bertz CT molecular complexity index is 745. The highest BCUT2D eigenvalue weighted by molar-refractivity contribution is 7.68. The summed E-state index contributed by atoms with van der Waals surface area (Å²) in [4.78, 5) is 0. The van der Waals surface area contributed by atoms with Gasteiger partial charge in [-0.05, 0) is 23.6 Å². The molecule has 1 aliphatic rings. The largest absolute Gasteiger partial charge is 0.438 e. The van der Waals surface area contributed by atoms with Gasteiger partial charge in [0.2, 0.25) is 0 Å². The van der Waals surface area contributed by atoms with Crippen LogP contribution < -0.4 is 15.1 Å². The summed E-state index contributed by atoms with van der Waals surface area (Å²) in [7, 11) is -3.15. The first-order valence-corrected chi connectivity index (χ1v) is 9.60. The molecule has 0 fully saturated rings. The van der Waals surface area contributed by atoms with Crippen molar-refractivity contribution < 1.29 is 14.2 Å². The first-order valence-electron chi connectivity index (χ1n) is 7.90. The lowest BCUT2D eigenvalue weighted by Gasteiger charge is -2.36. The van der Waals surface area contributed by atoms with Gasteiger partial charge in [0.05, 0.1) is 11.9 Å². The summed E-state index contributed by atoms with van der Waals surface area (Å²) in [6.07, 6.45) is 0. The number of aliphatic hydroxyl groups is 1. The number of nitrogens with one attached hydrogen (secondary N) is 1. The van der Waals surface area contributed by atoms with Crippen molar-refractivity contribution in [3.05, 3.63) is 48.5 Å². The summed E-state index contributed by atoms with van der Waals surface area (Å²) < 4.78 is 20.0. The Hall–Kier alpha value is -1.61. The molecule has 2 atom stereocenters. The SMILES string of the molecule is CC(C)C(NCCO)P1(=O)Oc2ccccc2-c2ccccc21. The van der Waals surface area contributed by atoms with Gasteiger partial charge in [0.25, 0.3) is 7.37 Å². The minimum Gasteiger partial charge on any atom is -0.438 e. The van der Waals surface area contributed by atoms with E-state index in [1.54, 1.807) is 0 Å². The number of benzene rings is 2. The van der Waals surface area contributed by atoms with Crippen LogP contribution in [0.4, 0.5) is 0 Å². The Morgan fingerprint density at radius 1 is 1.09 bits per heavy atom. The zero-order valence-electron chi connectivity index (χ0n) is 13.4. The second kappa shape index (κ2) is 6.48. The van der Waals surface area contributed by atoms with Crippen molar-refractivity contribution in [1.29, 1.82) is 0 Å². The van der Waals surface area contributed by atoms with E-state index >= 15 is 0 Å². The summed E-state index contributed by atoms with van der Waals surface area (Å²) in [5.74, 6) is 0.417. The van der Waals surface area contributed by atoms with Crippen LogP contribution in [0.15, 0.2) is 48.5 Å². The third-order valence-corrected chi connectivity index (χ3v) is 7.15. The van der Waals surface area contributed by atoms with E-state index in [1.807, 2.05) is 62.4 Å². The predicted molar refractivity (Wildman–Crippen MR) is 93.5 cm³/mol. The van der Waals surface area contributed by atoms with Crippen molar-refractivity contribution in [2.24, 2.45) is 5.92 Å². The molecule has 23 heavy (non-hydrogen) atoms. The van der Waals surface area contributed by atoms with Crippen LogP contribution in [-0.4, -0.2) is 24.0 Å². The van der Waals surface area contributed by atoms with Crippen LogP contribution in [0.3, 0.4) is 0 Å². The summed E-state index contributed by atoms with van der Waals surface area (Å²) >= 11 is 0. The van der Waals surface area contributed by atoms with Crippen LogP contribution >= 0.6 is 7.37 Å². The maximum absolute atomic E-state index is 13.9. The summed E-state index contributed by atoms with van der Waals surface area (Å²) in [5, 5.41) is 13.1. The summed E-state index contributed by atoms with van der Waals surface area (Å²) in [5.41, 5.74) is 1.94. The van der Waals surface area contributed by atoms with E-state index in [1.165, 1.54) is 0 Å². The predicted octanol–water partition coefficient (Wildman–Crippen LogP) is 3.21. The van der Waals surface area contributed by atoms with Crippen molar-refractivity contribution in [2.45, 2.75) is 19.6 Å². The van der Waals surface area contributed by atoms with Crippen LogP contribution in [0.5, 0.6) is 5.75 Å². The van der Waals surface area contributed by atoms with Gasteiger partial charge >= 0.3 is 0 Å². The van der Waals surface area contributed by atoms with Crippen molar-refractivity contribution in [3.8, 4) is 16.9 Å². The van der Waals surface area contributed by atoms with Gasteiger partial charge in [-0.15, -0.1) is 0 Å². The Labute approximate surface area is 137 Å². The van der Waals surface area contributed by atoms with Gasteiger partial charge in [0.15, 0.2) is 0 Å². The third-order valence-electron chi connectivity index (χ3n) is 4.11. The van der Waals surface area contributed by atoms with E-state index in [2.05, 4.69) is 5.32 Å². The highest BCUT2D eigenvalue weighted by Crippen LogP contribution is 2.58. The second-order valence-corrected chi connectivity index (χ2v) is 8.48. The molecule has 2 unspecified atom stereocenters. The van der Waals surface area contributed by atoms with E-state index < -0.39 is 7.37 Å². The quantitative estimate of drug-likeness (QED) is 0.826. The minimum atomic E-state index is -3.15. The van der Waals surface area contributed by atoms with Gasteiger partial charge in [-0.2, -0.15) is 0 Å². The van der Waals surface area contributed by atoms with E-state index in [0.717, 1.165) is 16.4 Å². The van der Waals surface area contributed by atoms with E-state index in [9.17, 15) is 4.57 Å². The molecule has 0 amide bonds. The minimum absolute atomic E-state index is 0.00144. The topological polar surface area (TPSA) is 58.6 Å². The molecule has 3 rings (SSSR count). The fourth-order valence-corrected chi connectivity index (χ4v) is 6.05. The molecule has 2 aromatic rings. The number of hydrogen-bond acceptors (Lipinski definition) is 4. The lowest BCUT2D eigenvalue weighted by molar-refractivity contribution is 0.283. The molecule has 4 nitrogen and oxygen atoms in total. The molecule has 1 aliphatic heterocycles. The van der Waals surface area contributed by atoms with Crippen molar-refractivity contribution in [1.82, 2.24) is 5.32 Å². The maximum atomic E-state index is 13.9. The van der Waals surface area contributed by atoms with Crippen LogP contribution in [0, 0.1) is 5.92 Å². The van der Waals surface area contributed by atoms with Crippen LogP contribution in [-0.2, 0) is 4.57 Å². The Balaban J connectivity index is 2.15. The number of fused-ring (bicyclic) bond motifs is 3. The van der Waals surface area contributed by atoms with Crippen molar-refractivity contribution in [3.63, 3.8) is 0 Å². The molecule has 0 saturated carbocycles. The Kier molecular flexibility index (Phi) is 4.58. The molecule has 0 aromatic heterocycles. The lowest BCUT2D eigenvalue weighted by Crippen LogP contribution is -2.41. The molecule has 122 valence electrons. The molecule has 2 N–H and O–H groups in total. The molecule has 0 aliphatic carbocycles. The molecular weight excluding hydrogens is 309 g/mol. The Morgan fingerprint density at radius 3 is 2.43 bits per heavy atom. The molecule has 2 aromatic carbocycles. The fraction of sp³-hybridized carbons (Fsp3) is 0.333. The number of rotatable bonds is 5. The maximum Gasteiger partial charge on any atom is 0.294 e. The van der Waals surface area contributed by atoms with Crippen molar-refractivity contribution in [2.75, 3.05) is 13.2 Å². The molecular formula is C18H22NO3P. The third kappa shape index (κ3) is 2.83. The fourth-order valence-electron chi connectivity index (χ4n) is 3.10. The first-order chi connectivity index (χ1) is 11.1. The van der Waals surface area contributed by atoms with Crippen LogP contribution in [0.25, 0.3) is 11.1 Å². The number of hydrogen-bond donors (Lipinski definition) is 2. The lowest BCUT2D eigenvalue weighted by atomic mass is 10.0. The Morgan fingerprint density at radius 2 is 1.74 bits per heavy atom. The van der Waals surface area contributed by atoms with E-state index in [4.69, 9.17) is 9.63 Å². The molecule has 5 heteroatoms. The monoisotopic (exact) mass is 331 g/mol. The molecule has 1 heterocycles. The average molecular weight is 331 g/mol. The molecule has 0 saturated heterocycles. The number of aliphatic hydroxyl groups excluding tert-OH is 1. The van der Waals surface area contributed by atoms with Gasteiger partial charge in [0.1, 0.15) is 11.5 Å². The standard InChI is InChI=1S/C18H22NO3P/c1-13(2)18(19-11-12-20)23(21)17-10-6-4-8-15(17)14-7-3-5-9-16(14)22-23/h3-10,13,18-20H,11-12H2,1-2H3.